The van der Waals surface area contributed by atoms with E-state index in [1.54, 1.807) is 0 Å². The number of hydrogen-bond donors (Lipinski definition) is 0. The van der Waals surface area contributed by atoms with Crippen molar-refractivity contribution in [2.45, 2.75) is 65.9 Å². The fourth-order valence-electron chi connectivity index (χ4n) is 3.43. The van der Waals surface area contributed by atoms with Crippen molar-refractivity contribution in [3.05, 3.63) is 0 Å². The lowest BCUT2D eigenvalue weighted by molar-refractivity contribution is -0.229. The van der Waals surface area contributed by atoms with Crippen LogP contribution in [-0.2, 0) is 4.74 Å². The summed E-state index contributed by atoms with van der Waals surface area (Å²) in [4.78, 5) is 0. The van der Waals surface area contributed by atoms with Gasteiger partial charge in [-0.05, 0) is 42.4 Å². The van der Waals surface area contributed by atoms with E-state index in [4.69, 9.17) is 4.74 Å². The van der Waals surface area contributed by atoms with Crippen LogP contribution in [0.1, 0.15) is 60.3 Å². The van der Waals surface area contributed by atoms with E-state index in [0.29, 0.717) is 16.7 Å². The normalized spacial score (nSPS) is 41.2. The lowest BCUT2D eigenvalue weighted by atomic mass is 9.54. The number of rotatable bonds is 1. The van der Waals surface area contributed by atoms with Gasteiger partial charge in [0, 0.05) is 0 Å². The zero-order valence-corrected chi connectivity index (χ0v) is 11.0. The summed E-state index contributed by atoms with van der Waals surface area (Å²) in [5, 5.41) is 0. The molecular formula is C14H26O. The largest absolute Gasteiger partial charge is 0.374 e. The summed E-state index contributed by atoms with van der Waals surface area (Å²) < 4.78 is 6.26. The lowest BCUT2D eigenvalue weighted by Gasteiger charge is -2.59. The van der Waals surface area contributed by atoms with Gasteiger partial charge in [0.1, 0.15) is 0 Å². The monoisotopic (exact) mass is 210 g/mol. The summed E-state index contributed by atoms with van der Waals surface area (Å²) in [5.74, 6) is 0.677. The minimum atomic E-state index is 0.229. The van der Waals surface area contributed by atoms with Gasteiger partial charge in [0.15, 0.2) is 0 Å². The van der Waals surface area contributed by atoms with Crippen LogP contribution in [0.3, 0.4) is 0 Å². The minimum absolute atomic E-state index is 0.229. The molecule has 2 aliphatic heterocycles. The second-order valence-electron chi connectivity index (χ2n) is 7.04. The van der Waals surface area contributed by atoms with Crippen molar-refractivity contribution in [1.82, 2.24) is 0 Å². The van der Waals surface area contributed by atoms with E-state index in [0.717, 1.165) is 6.61 Å². The van der Waals surface area contributed by atoms with Crippen LogP contribution in [0.4, 0.5) is 0 Å². The molecule has 1 aliphatic carbocycles. The van der Waals surface area contributed by atoms with Crippen LogP contribution in [0, 0.1) is 16.7 Å². The standard InChI is InChI=1S/C14H26O/c1-11(2)14-8-6-13(7-9-14,10-15-14)12(3,4)5/h11H,6-10H2,1-5H3. The van der Waals surface area contributed by atoms with Crippen molar-refractivity contribution in [3.63, 3.8) is 0 Å². The Morgan fingerprint density at radius 3 is 1.80 bits per heavy atom. The van der Waals surface area contributed by atoms with Crippen molar-refractivity contribution in [2.24, 2.45) is 16.7 Å². The minimum Gasteiger partial charge on any atom is -0.374 e. The van der Waals surface area contributed by atoms with Crippen LogP contribution in [0.5, 0.6) is 0 Å². The second-order valence-corrected chi connectivity index (χ2v) is 7.04. The van der Waals surface area contributed by atoms with E-state index in [2.05, 4.69) is 34.6 Å². The van der Waals surface area contributed by atoms with Crippen LogP contribution in [0.25, 0.3) is 0 Å². The smallest absolute Gasteiger partial charge is 0.0706 e. The molecule has 3 aliphatic rings. The molecule has 1 heteroatoms. The predicted molar refractivity (Wildman–Crippen MR) is 63.9 cm³/mol. The molecular weight excluding hydrogens is 184 g/mol. The Morgan fingerprint density at radius 2 is 1.53 bits per heavy atom. The molecule has 0 aromatic heterocycles. The highest BCUT2D eigenvalue weighted by molar-refractivity contribution is 5.04. The SMILES string of the molecule is CC(C)C12CCC(C(C)(C)C)(CC1)CO2. The zero-order valence-electron chi connectivity index (χ0n) is 11.0. The Bertz CT molecular complexity index is 222. The van der Waals surface area contributed by atoms with Crippen LogP contribution < -0.4 is 0 Å². The fraction of sp³-hybridized carbons (Fsp3) is 1.00. The van der Waals surface area contributed by atoms with Crippen molar-refractivity contribution in [1.29, 1.82) is 0 Å². The topological polar surface area (TPSA) is 9.23 Å². The second kappa shape index (κ2) is 3.23. The van der Waals surface area contributed by atoms with Gasteiger partial charge in [-0.2, -0.15) is 0 Å². The first-order valence-corrected chi connectivity index (χ1v) is 6.45. The third-order valence-corrected chi connectivity index (χ3v) is 5.33. The van der Waals surface area contributed by atoms with Gasteiger partial charge in [-0.3, -0.25) is 0 Å². The van der Waals surface area contributed by atoms with Crippen LogP contribution in [0.2, 0.25) is 0 Å². The Morgan fingerprint density at radius 1 is 1.00 bits per heavy atom. The first kappa shape index (κ1) is 11.4. The summed E-state index contributed by atoms with van der Waals surface area (Å²) in [7, 11) is 0. The molecule has 3 fully saturated rings. The average Bonchev–Trinajstić information content (AvgIpc) is 2.19. The van der Waals surface area contributed by atoms with Crippen molar-refractivity contribution >= 4 is 0 Å². The third-order valence-electron chi connectivity index (χ3n) is 5.33. The molecule has 3 rings (SSSR count). The van der Waals surface area contributed by atoms with Crippen LogP contribution >= 0.6 is 0 Å². The molecule has 0 N–H and O–H groups in total. The quantitative estimate of drug-likeness (QED) is 0.635. The molecule has 1 saturated carbocycles. The van der Waals surface area contributed by atoms with Crippen molar-refractivity contribution in [2.75, 3.05) is 6.61 Å². The number of hydrogen-bond acceptors (Lipinski definition) is 1. The fourth-order valence-corrected chi connectivity index (χ4v) is 3.43. The van der Waals surface area contributed by atoms with E-state index in [9.17, 15) is 0 Å². The highest BCUT2D eigenvalue weighted by Crippen LogP contribution is 2.58. The molecule has 0 amide bonds. The molecule has 0 radical (unpaired) electrons. The first-order valence-electron chi connectivity index (χ1n) is 6.45. The molecule has 88 valence electrons. The molecule has 1 nitrogen and oxygen atoms in total. The summed E-state index contributed by atoms with van der Waals surface area (Å²) in [5.41, 5.74) is 1.09. The van der Waals surface area contributed by atoms with Gasteiger partial charge in [0.2, 0.25) is 0 Å². The third kappa shape index (κ3) is 1.54. The Labute approximate surface area is 94.6 Å². The van der Waals surface area contributed by atoms with E-state index in [1.807, 2.05) is 0 Å². The number of ether oxygens (including phenoxy) is 1. The van der Waals surface area contributed by atoms with Gasteiger partial charge in [0.05, 0.1) is 12.2 Å². The predicted octanol–water partition coefficient (Wildman–Crippen LogP) is 4.02. The van der Waals surface area contributed by atoms with Crippen LogP contribution in [0.15, 0.2) is 0 Å². The molecule has 0 atom stereocenters. The lowest BCUT2D eigenvalue weighted by Crippen LogP contribution is -2.57. The van der Waals surface area contributed by atoms with Gasteiger partial charge in [0.25, 0.3) is 0 Å². The van der Waals surface area contributed by atoms with Crippen molar-refractivity contribution < 1.29 is 4.74 Å². The van der Waals surface area contributed by atoms with E-state index >= 15 is 0 Å². The summed E-state index contributed by atoms with van der Waals surface area (Å²) >= 11 is 0. The molecule has 15 heavy (non-hydrogen) atoms. The van der Waals surface area contributed by atoms with E-state index in [1.165, 1.54) is 25.7 Å². The summed E-state index contributed by atoms with van der Waals surface area (Å²) in [6, 6.07) is 0. The summed E-state index contributed by atoms with van der Waals surface area (Å²) in [6.07, 6.45) is 5.30. The summed E-state index contributed by atoms with van der Waals surface area (Å²) in [6.45, 7) is 12.8. The molecule has 0 unspecified atom stereocenters. The van der Waals surface area contributed by atoms with Gasteiger partial charge in [-0.15, -0.1) is 0 Å². The van der Waals surface area contributed by atoms with Gasteiger partial charge in [-0.1, -0.05) is 34.6 Å². The molecule has 0 aromatic rings. The highest BCUT2D eigenvalue weighted by Gasteiger charge is 2.55. The Hall–Kier alpha value is -0.0400. The Kier molecular flexibility index (Phi) is 2.46. The molecule has 0 aromatic carbocycles. The maximum Gasteiger partial charge on any atom is 0.0706 e. The Balaban J connectivity index is 2.18. The maximum absolute atomic E-state index is 6.26. The molecule has 2 heterocycles. The molecule has 2 saturated heterocycles. The maximum atomic E-state index is 6.26. The molecule has 0 spiro atoms. The average molecular weight is 210 g/mol. The first-order chi connectivity index (χ1) is 6.81. The number of fused-ring (bicyclic) bond motifs is 3. The van der Waals surface area contributed by atoms with Gasteiger partial charge < -0.3 is 4.74 Å². The highest BCUT2D eigenvalue weighted by atomic mass is 16.5. The molecule has 2 bridgehead atoms. The van der Waals surface area contributed by atoms with E-state index in [-0.39, 0.29) is 5.60 Å². The van der Waals surface area contributed by atoms with Crippen molar-refractivity contribution in [3.8, 4) is 0 Å². The van der Waals surface area contributed by atoms with Gasteiger partial charge >= 0.3 is 0 Å². The van der Waals surface area contributed by atoms with Crippen LogP contribution in [-0.4, -0.2) is 12.2 Å². The zero-order chi connectivity index (χ0) is 11.3. The van der Waals surface area contributed by atoms with Gasteiger partial charge in [-0.25, -0.2) is 0 Å². The van der Waals surface area contributed by atoms with E-state index < -0.39 is 0 Å².